The van der Waals surface area contributed by atoms with Crippen LogP contribution in [0.15, 0.2) is 71.6 Å². The number of nitrogens with two attached hydrogens (primary N) is 1. The average molecular weight is 453 g/mol. The van der Waals surface area contributed by atoms with Crippen LogP contribution in [0.4, 0.5) is 5.69 Å². The van der Waals surface area contributed by atoms with Crippen LogP contribution >= 0.6 is 0 Å². The van der Waals surface area contributed by atoms with E-state index in [1.54, 1.807) is 37.3 Å². The van der Waals surface area contributed by atoms with E-state index in [0.717, 1.165) is 17.2 Å². The van der Waals surface area contributed by atoms with Crippen LogP contribution in [0, 0.1) is 20.8 Å². The Morgan fingerprint density at radius 1 is 0.906 bits per heavy atom. The summed E-state index contributed by atoms with van der Waals surface area (Å²) in [5.41, 5.74) is 3.41. The zero-order valence-electron chi connectivity index (χ0n) is 18.0. The summed E-state index contributed by atoms with van der Waals surface area (Å²) in [6.07, 6.45) is -1.25. The molecule has 0 aromatic heterocycles. The van der Waals surface area contributed by atoms with Gasteiger partial charge in [-0.15, -0.1) is 0 Å². The van der Waals surface area contributed by atoms with Crippen LogP contribution in [0.5, 0.6) is 0 Å². The molecule has 0 bridgehead atoms. The Morgan fingerprint density at radius 2 is 1.56 bits per heavy atom. The molecule has 0 aliphatic rings. The van der Waals surface area contributed by atoms with E-state index < -0.39 is 28.0 Å². The van der Waals surface area contributed by atoms with Gasteiger partial charge in [-0.1, -0.05) is 48.5 Å². The Balaban J connectivity index is 1.95. The zero-order valence-corrected chi connectivity index (χ0v) is 18.8. The Labute approximate surface area is 187 Å². The first-order valence-electron chi connectivity index (χ1n) is 9.84. The maximum atomic E-state index is 13.2. The summed E-state index contributed by atoms with van der Waals surface area (Å²) in [5.74, 6) is -1.36. The van der Waals surface area contributed by atoms with Crippen LogP contribution in [-0.4, -0.2) is 20.3 Å². The average Bonchev–Trinajstić information content (AvgIpc) is 2.74. The summed E-state index contributed by atoms with van der Waals surface area (Å²) in [4.78, 5) is 25.9. The van der Waals surface area contributed by atoms with Crippen LogP contribution in [0.3, 0.4) is 0 Å². The highest BCUT2D eigenvalue weighted by Gasteiger charge is 2.27. The lowest BCUT2D eigenvalue weighted by Crippen LogP contribution is -2.26. The molecule has 3 rings (SSSR count). The summed E-state index contributed by atoms with van der Waals surface area (Å²) in [6.45, 7) is 5.41. The van der Waals surface area contributed by atoms with Gasteiger partial charge in [0.2, 0.25) is 16.1 Å². The zero-order chi connectivity index (χ0) is 23.5. The third-order valence-electron chi connectivity index (χ3n) is 4.97. The molecule has 7 nitrogen and oxygen atoms in total. The first-order chi connectivity index (χ1) is 15.1. The second-order valence-electron chi connectivity index (χ2n) is 7.53. The molecule has 1 amide bonds. The molecule has 0 spiro atoms. The van der Waals surface area contributed by atoms with Crippen molar-refractivity contribution in [3.63, 3.8) is 0 Å². The highest BCUT2D eigenvalue weighted by molar-refractivity contribution is 7.89. The summed E-state index contributed by atoms with van der Waals surface area (Å²) >= 11 is 0. The lowest BCUT2D eigenvalue weighted by molar-refractivity contribution is -0.125. The summed E-state index contributed by atoms with van der Waals surface area (Å²) in [7, 11) is -4.01. The molecule has 0 heterocycles. The Hall–Kier alpha value is -3.49. The largest absolute Gasteiger partial charge is 0.444 e. The second-order valence-corrected chi connectivity index (χ2v) is 9.09. The standard InChI is InChI=1S/C24H24N2O5S/c1-15-9-10-17(3)21(13-15)26-23(27)22(18-7-5-4-6-8-18)31-24(28)20-14-19(32(25,29)30)12-11-16(20)2/h4-14,22H,1-3H3,(H,26,27)(H2,25,29,30). The number of hydrogen-bond donors (Lipinski definition) is 2. The number of carbonyl (C=O) groups excluding carboxylic acids is 2. The van der Waals surface area contributed by atoms with E-state index >= 15 is 0 Å². The molecule has 0 fully saturated rings. The maximum absolute atomic E-state index is 13.2. The Bertz CT molecular complexity index is 1270. The van der Waals surface area contributed by atoms with Crippen LogP contribution in [0.25, 0.3) is 0 Å². The topological polar surface area (TPSA) is 116 Å². The molecule has 0 saturated heterocycles. The molecule has 0 radical (unpaired) electrons. The lowest BCUT2D eigenvalue weighted by Gasteiger charge is -2.20. The third kappa shape index (κ3) is 5.40. The van der Waals surface area contributed by atoms with Crippen molar-refractivity contribution in [2.75, 3.05) is 5.32 Å². The number of hydrogen-bond acceptors (Lipinski definition) is 5. The number of carbonyl (C=O) groups is 2. The molecule has 166 valence electrons. The predicted molar refractivity (Wildman–Crippen MR) is 122 cm³/mol. The van der Waals surface area contributed by atoms with Crippen molar-refractivity contribution >= 4 is 27.6 Å². The minimum atomic E-state index is -4.01. The molecule has 0 aliphatic carbocycles. The van der Waals surface area contributed by atoms with Gasteiger partial charge in [0.1, 0.15) is 0 Å². The van der Waals surface area contributed by atoms with Gasteiger partial charge in [0.25, 0.3) is 5.91 Å². The number of amides is 1. The van der Waals surface area contributed by atoms with E-state index in [1.165, 1.54) is 12.1 Å². The monoisotopic (exact) mass is 452 g/mol. The first kappa shape index (κ1) is 23.2. The van der Waals surface area contributed by atoms with Gasteiger partial charge in [-0.2, -0.15) is 0 Å². The van der Waals surface area contributed by atoms with Crippen LogP contribution < -0.4 is 10.5 Å². The Kier molecular flexibility index (Phi) is 6.76. The Morgan fingerprint density at radius 3 is 2.22 bits per heavy atom. The van der Waals surface area contributed by atoms with Crippen LogP contribution in [0.2, 0.25) is 0 Å². The summed E-state index contributed by atoms with van der Waals surface area (Å²) < 4.78 is 29.0. The van der Waals surface area contributed by atoms with Gasteiger partial charge in [-0.25, -0.2) is 18.4 Å². The first-order valence-corrected chi connectivity index (χ1v) is 11.4. The predicted octanol–water partition coefficient (Wildman–Crippen LogP) is 3.80. The number of sulfonamides is 1. The van der Waals surface area contributed by atoms with Gasteiger partial charge in [-0.05, 0) is 55.7 Å². The molecular formula is C24H24N2O5S. The molecule has 3 aromatic rings. The molecule has 1 atom stereocenters. The van der Waals surface area contributed by atoms with Crippen LogP contribution in [0.1, 0.15) is 38.7 Å². The lowest BCUT2D eigenvalue weighted by atomic mass is 10.1. The van der Waals surface area contributed by atoms with Gasteiger partial charge in [0.15, 0.2) is 0 Å². The normalized spacial score (nSPS) is 12.1. The van der Waals surface area contributed by atoms with E-state index in [4.69, 9.17) is 9.88 Å². The molecule has 32 heavy (non-hydrogen) atoms. The molecule has 8 heteroatoms. The molecule has 0 aliphatic heterocycles. The minimum absolute atomic E-state index is 0.0111. The van der Waals surface area contributed by atoms with Crippen molar-refractivity contribution in [3.05, 3.63) is 94.5 Å². The van der Waals surface area contributed by atoms with Gasteiger partial charge in [-0.3, -0.25) is 4.79 Å². The van der Waals surface area contributed by atoms with E-state index in [-0.39, 0.29) is 10.5 Å². The highest BCUT2D eigenvalue weighted by atomic mass is 32.2. The minimum Gasteiger partial charge on any atom is -0.444 e. The fourth-order valence-corrected chi connectivity index (χ4v) is 3.68. The smallest absolute Gasteiger partial charge is 0.339 e. The molecule has 1 unspecified atom stereocenters. The van der Waals surface area contributed by atoms with E-state index in [0.29, 0.717) is 16.8 Å². The number of aryl methyl sites for hydroxylation is 3. The number of esters is 1. The van der Waals surface area contributed by atoms with E-state index in [1.807, 2.05) is 32.0 Å². The number of ether oxygens (including phenoxy) is 1. The number of primary sulfonamides is 1. The molecular weight excluding hydrogens is 428 g/mol. The summed E-state index contributed by atoms with van der Waals surface area (Å²) in [5, 5.41) is 8.01. The fourth-order valence-electron chi connectivity index (χ4n) is 3.14. The molecule has 3 aromatic carbocycles. The summed E-state index contributed by atoms with van der Waals surface area (Å²) in [6, 6.07) is 18.2. The van der Waals surface area contributed by atoms with Crippen molar-refractivity contribution in [2.45, 2.75) is 31.8 Å². The maximum Gasteiger partial charge on any atom is 0.339 e. The SMILES string of the molecule is Cc1ccc(C)c(NC(=O)C(OC(=O)c2cc(S(N)(=O)=O)ccc2C)c2ccccc2)c1. The number of nitrogens with one attached hydrogen (secondary N) is 1. The van der Waals surface area contributed by atoms with Gasteiger partial charge >= 0.3 is 5.97 Å². The second kappa shape index (κ2) is 9.33. The molecule has 0 saturated carbocycles. The van der Waals surface area contributed by atoms with Crippen molar-refractivity contribution in [1.29, 1.82) is 0 Å². The van der Waals surface area contributed by atoms with Crippen molar-refractivity contribution in [3.8, 4) is 0 Å². The van der Waals surface area contributed by atoms with Gasteiger partial charge < -0.3 is 10.1 Å². The molecule has 3 N–H and O–H groups in total. The number of rotatable bonds is 6. The van der Waals surface area contributed by atoms with Crippen molar-refractivity contribution in [1.82, 2.24) is 0 Å². The van der Waals surface area contributed by atoms with Crippen molar-refractivity contribution in [2.24, 2.45) is 5.14 Å². The van der Waals surface area contributed by atoms with Gasteiger partial charge in [0, 0.05) is 11.3 Å². The number of anilines is 1. The third-order valence-corrected chi connectivity index (χ3v) is 5.88. The quantitative estimate of drug-likeness (QED) is 0.552. The van der Waals surface area contributed by atoms with Crippen molar-refractivity contribution < 1.29 is 22.7 Å². The van der Waals surface area contributed by atoms with E-state index in [9.17, 15) is 18.0 Å². The highest BCUT2D eigenvalue weighted by Crippen LogP contribution is 2.25. The fraction of sp³-hybridized carbons (Fsp3) is 0.167. The number of benzene rings is 3. The van der Waals surface area contributed by atoms with E-state index in [2.05, 4.69) is 5.32 Å². The van der Waals surface area contributed by atoms with Gasteiger partial charge in [0.05, 0.1) is 10.5 Å². The van der Waals surface area contributed by atoms with Crippen LogP contribution in [-0.2, 0) is 19.6 Å².